The van der Waals surface area contributed by atoms with Gasteiger partial charge in [-0.2, -0.15) is 0 Å². The quantitative estimate of drug-likeness (QED) is 0.402. The first kappa shape index (κ1) is 25.3. The minimum Gasteiger partial charge on any atom is -0.497 e. The first-order valence-electron chi connectivity index (χ1n) is 13.0. The van der Waals surface area contributed by atoms with Crippen LogP contribution in [0.3, 0.4) is 0 Å². The number of rotatable bonds is 9. The van der Waals surface area contributed by atoms with Gasteiger partial charge in [0.1, 0.15) is 5.75 Å². The Bertz CT molecular complexity index is 946. The summed E-state index contributed by atoms with van der Waals surface area (Å²) in [6.45, 7) is 4.23. The zero-order valence-corrected chi connectivity index (χ0v) is 21.8. The fourth-order valence-corrected chi connectivity index (χ4v) is 7.29. The van der Waals surface area contributed by atoms with E-state index in [0.29, 0.717) is 11.3 Å². The van der Waals surface area contributed by atoms with Gasteiger partial charge in [-0.1, -0.05) is 19.3 Å². The number of benzene rings is 1. The Labute approximate surface area is 209 Å². The fraction of sp³-hybridized carbons (Fsp3) is 0.643. The first-order chi connectivity index (χ1) is 16.6. The molecule has 1 aliphatic heterocycles. The van der Waals surface area contributed by atoms with Crippen LogP contribution in [0.4, 0.5) is 0 Å². The highest BCUT2D eigenvalue weighted by molar-refractivity contribution is 8.00. The summed E-state index contributed by atoms with van der Waals surface area (Å²) >= 11 is 2.13. The Morgan fingerprint density at radius 1 is 1.18 bits per heavy atom. The molecule has 2 fully saturated rings. The van der Waals surface area contributed by atoms with Crippen molar-refractivity contribution in [1.29, 1.82) is 0 Å². The van der Waals surface area contributed by atoms with Crippen LogP contribution in [0.5, 0.6) is 5.75 Å². The Morgan fingerprint density at radius 2 is 2.00 bits per heavy atom. The van der Waals surface area contributed by atoms with Crippen LogP contribution < -0.4 is 4.74 Å². The lowest BCUT2D eigenvalue weighted by molar-refractivity contribution is -0.150. The zero-order chi connectivity index (χ0) is 23.9. The van der Waals surface area contributed by atoms with E-state index >= 15 is 0 Å². The number of aromatic nitrogens is 1. The second-order valence-corrected chi connectivity index (χ2v) is 11.5. The van der Waals surface area contributed by atoms with E-state index < -0.39 is 0 Å². The second kappa shape index (κ2) is 12.3. The highest BCUT2D eigenvalue weighted by Gasteiger charge is 2.36. The molecule has 1 unspecified atom stereocenters. The lowest BCUT2D eigenvalue weighted by Gasteiger charge is -2.41. The standard InChI is InChI=1S/C28H40N2O3S/c1-20(34-24-10-5-4-6-11-24)30-17-15-22(26(19-30)28(31)33-3)9-7-8-21-14-16-29-27-13-12-23(32-2)18-25(21)27/h12-14,16,18,20,22,24,26H,4-11,15,17,19H2,1-3H3/t20?,22-,26+/m1/s1. The van der Waals surface area contributed by atoms with E-state index in [0.717, 1.165) is 60.7 Å². The molecule has 1 saturated carbocycles. The smallest absolute Gasteiger partial charge is 0.310 e. The number of esters is 1. The molecule has 1 aliphatic carbocycles. The maximum atomic E-state index is 12.7. The van der Waals surface area contributed by atoms with E-state index in [1.54, 1.807) is 7.11 Å². The fourth-order valence-electron chi connectivity index (χ4n) is 5.77. The number of methoxy groups -OCH3 is 2. The topological polar surface area (TPSA) is 51.7 Å². The third-order valence-corrected chi connectivity index (χ3v) is 9.36. The molecule has 1 aromatic heterocycles. The molecule has 2 aromatic rings. The monoisotopic (exact) mass is 484 g/mol. The highest BCUT2D eigenvalue weighted by Crippen LogP contribution is 2.36. The number of pyridine rings is 1. The number of piperidine rings is 1. The second-order valence-electron chi connectivity index (χ2n) is 9.91. The molecule has 2 heterocycles. The molecule has 0 bridgehead atoms. The van der Waals surface area contributed by atoms with E-state index in [-0.39, 0.29) is 11.9 Å². The van der Waals surface area contributed by atoms with Crippen molar-refractivity contribution in [3.8, 4) is 5.75 Å². The Morgan fingerprint density at radius 3 is 2.76 bits per heavy atom. The molecule has 1 saturated heterocycles. The van der Waals surface area contributed by atoms with Gasteiger partial charge in [0.2, 0.25) is 0 Å². The number of likely N-dealkylation sites (tertiary alicyclic amines) is 1. The lowest BCUT2D eigenvalue weighted by atomic mass is 9.81. The van der Waals surface area contributed by atoms with E-state index in [1.165, 1.54) is 44.8 Å². The van der Waals surface area contributed by atoms with Gasteiger partial charge in [0.05, 0.1) is 31.0 Å². The van der Waals surface area contributed by atoms with Gasteiger partial charge in [0, 0.05) is 23.4 Å². The minimum absolute atomic E-state index is 0.0255. The average molecular weight is 485 g/mol. The number of ether oxygens (including phenoxy) is 2. The van der Waals surface area contributed by atoms with E-state index in [4.69, 9.17) is 9.47 Å². The maximum Gasteiger partial charge on any atom is 0.310 e. The predicted molar refractivity (Wildman–Crippen MR) is 140 cm³/mol. The number of nitrogens with zero attached hydrogens (tertiary/aromatic N) is 2. The molecule has 2 aliphatic rings. The molecular formula is C28H40N2O3S. The summed E-state index contributed by atoms with van der Waals surface area (Å²) in [5.41, 5.74) is 2.30. The van der Waals surface area contributed by atoms with Crippen LogP contribution >= 0.6 is 11.8 Å². The third kappa shape index (κ3) is 6.25. The van der Waals surface area contributed by atoms with Crippen LogP contribution in [0.25, 0.3) is 10.9 Å². The molecule has 186 valence electrons. The Kier molecular flexibility index (Phi) is 9.12. The summed E-state index contributed by atoms with van der Waals surface area (Å²) in [4.78, 5) is 19.8. The molecule has 34 heavy (non-hydrogen) atoms. The minimum atomic E-state index is -0.0383. The average Bonchev–Trinajstić information content (AvgIpc) is 2.88. The van der Waals surface area contributed by atoms with Crippen LogP contribution in [-0.2, 0) is 16.0 Å². The molecule has 4 rings (SSSR count). The highest BCUT2D eigenvalue weighted by atomic mass is 32.2. The van der Waals surface area contributed by atoms with Crippen molar-refractivity contribution in [2.24, 2.45) is 11.8 Å². The van der Waals surface area contributed by atoms with Gasteiger partial charge in [-0.3, -0.25) is 14.7 Å². The van der Waals surface area contributed by atoms with Crippen LogP contribution in [0, 0.1) is 11.8 Å². The van der Waals surface area contributed by atoms with Gasteiger partial charge in [-0.05, 0) is 87.7 Å². The van der Waals surface area contributed by atoms with Gasteiger partial charge in [0.25, 0.3) is 0 Å². The van der Waals surface area contributed by atoms with Crippen molar-refractivity contribution in [1.82, 2.24) is 9.88 Å². The maximum absolute atomic E-state index is 12.7. The van der Waals surface area contributed by atoms with Crippen molar-refractivity contribution in [3.63, 3.8) is 0 Å². The number of hydrogen-bond acceptors (Lipinski definition) is 6. The van der Waals surface area contributed by atoms with E-state index in [1.807, 2.05) is 18.3 Å². The molecule has 5 nitrogen and oxygen atoms in total. The predicted octanol–water partition coefficient (Wildman–Crippen LogP) is 6.09. The number of thioether (sulfide) groups is 1. The van der Waals surface area contributed by atoms with Crippen LogP contribution in [0.15, 0.2) is 30.5 Å². The molecule has 0 N–H and O–H groups in total. The van der Waals surface area contributed by atoms with E-state index in [2.05, 4.69) is 40.7 Å². The Balaban J connectivity index is 1.35. The van der Waals surface area contributed by atoms with Crippen molar-refractivity contribution in [2.75, 3.05) is 27.3 Å². The number of hydrogen-bond donors (Lipinski definition) is 0. The van der Waals surface area contributed by atoms with Crippen molar-refractivity contribution < 1.29 is 14.3 Å². The lowest BCUT2D eigenvalue weighted by Crippen LogP contribution is -2.47. The number of fused-ring (bicyclic) bond motifs is 1. The largest absolute Gasteiger partial charge is 0.497 e. The summed E-state index contributed by atoms with van der Waals surface area (Å²) < 4.78 is 10.7. The molecule has 3 atom stereocenters. The number of carbonyl (C=O) groups is 1. The summed E-state index contributed by atoms with van der Waals surface area (Å²) in [6, 6.07) is 8.18. The van der Waals surface area contributed by atoms with Gasteiger partial charge < -0.3 is 9.47 Å². The summed E-state index contributed by atoms with van der Waals surface area (Å²) in [7, 11) is 3.24. The zero-order valence-electron chi connectivity index (χ0n) is 21.0. The van der Waals surface area contributed by atoms with Crippen molar-refractivity contribution in [2.45, 2.75) is 75.3 Å². The van der Waals surface area contributed by atoms with Gasteiger partial charge >= 0.3 is 5.97 Å². The Hall–Kier alpha value is -1.79. The number of carbonyl (C=O) groups excluding carboxylic acids is 1. The first-order valence-corrected chi connectivity index (χ1v) is 13.9. The molecule has 1 aromatic carbocycles. The summed E-state index contributed by atoms with van der Waals surface area (Å²) in [5, 5.41) is 2.41. The normalized spacial score (nSPS) is 23.0. The van der Waals surface area contributed by atoms with Crippen LogP contribution in [0.1, 0.15) is 63.9 Å². The number of aryl methyl sites for hydroxylation is 1. The van der Waals surface area contributed by atoms with Crippen LogP contribution in [-0.4, -0.2) is 53.8 Å². The van der Waals surface area contributed by atoms with Crippen LogP contribution in [0.2, 0.25) is 0 Å². The molecule has 6 heteroatoms. The molecular weight excluding hydrogens is 444 g/mol. The molecule has 0 spiro atoms. The molecule has 0 amide bonds. The van der Waals surface area contributed by atoms with Crippen molar-refractivity contribution >= 4 is 28.6 Å². The van der Waals surface area contributed by atoms with Crippen molar-refractivity contribution in [3.05, 3.63) is 36.0 Å². The SMILES string of the molecule is COC(=O)[C@H]1CN(C(C)SC2CCCCC2)CC[C@H]1CCCc1ccnc2ccc(OC)cc12. The van der Waals surface area contributed by atoms with Gasteiger partial charge in [-0.15, -0.1) is 11.8 Å². The van der Waals surface area contributed by atoms with E-state index in [9.17, 15) is 4.79 Å². The van der Waals surface area contributed by atoms with Gasteiger partial charge in [-0.25, -0.2) is 0 Å². The van der Waals surface area contributed by atoms with Gasteiger partial charge in [0.15, 0.2) is 0 Å². The summed E-state index contributed by atoms with van der Waals surface area (Å²) in [5.74, 6) is 1.18. The summed E-state index contributed by atoms with van der Waals surface area (Å²) in [6.07, 6.45) is 12.9. The molecule has 0 radical (unpaired) electrons. The third-order valence-electron chi connectivity index (χ3n) is 7.81.